The Labute approximate surface area is 164 Å². The number of hydrogen-bond donors (Lipinski definition) is 0. The van der Waals surface area contributed by atoms with E-state index in [1.165, 1.54) is 18.4 Å². The van der Waals surface area contributed by atoms with Crippen LogP contribution in [0.3, 0.4) is 0 Å². The summed E-state index contributed by atoms with van der Waals surface area (Å²) in [6.45, 7) is 9.59. The molecule has 1 aliphatic rings. The number of amides is 1. The Balaban J connectivity index is 1.70. The highest BCUT2D eigenvalue weighted by Crippen LogP contribution is 2.31. The monoisotopic (exact) mass is 389 g/mol. The molecule has 1 saturated heterocycles. The molecular formula is C20H27N3O3S. The van der Waals surface area contributed by atoms with Gasteiger partial charge in [0.05, 0.1) is 17.8 Å². The summed E-state index contributed by atoms with van der Waals surface area (Å²) in [5.41, 5.74) is 1.32. The first-order chi connectivity index (χ1) is 12.7. The minimum atomic E-state index is -0.325. The third-order valence-electron chi connectivity index (χ3n) is 4.95. The third kappa shape index (κ3) is 3.93. The van der Waals surface area contributed by atoms with Gasteiger partial charge in [0.1, 0.15) is 10.6 Å². The van der Waals surface area contributed by atoms with Crippen LogP contribution in [0.4, 0.5) is 0 Å². The first-order valence-corrected chi connectivity index (χ1v) is 10.1. The second-order valence-electron chi connectivity index (χ2n) is 8.00. The number of rotatable bonds is 3. The predicted molar refractivity (Wildman–Crippen MR) is 105 cm³/mol. The Bertz CT molecular complexity index is 839. The fourth-order valence-corrected chi connectivity index (χ4v) is 4.49. The highest BCUT2D eigenvalue weighted by molar-refractivity contribution is 7.14. The second-order valence-corrected chi connectivity index (χ2v) is 9.00. The van der Waals surface area contributed by atoms with Crippen LogP contribution in [0.25, 0.3) is 0 Å². The van der Waals surface area contributed by atoms with Crippen molar-refractivity contribution in [1.82, 2.24) is 14.5 Å². The highest BCUT2D eigenvalue weighted by atomic mass is 32.1. The number of hydrogen-bond acceptors (Lipinski definition) is 5. The number of likely N-dealkylation sites (tertiary alicyclic amines) is 1. The lowest BCUT2D eigenvalue weighted by Gasteiger charge is -2.33. The van der Waals surface area contributed by atoms with E-state index >= 15 is 0 Å². The Morgan fingerprint density at radius 2 is 1.93 bits per heavy atom. The molecule has 0 radical (unpaired) electrons. The van der Waals surface area contributed by atoms with E-state index in [0.717, 1.165) is 28.4 Å². The number of piperidine rings is 1. The van der Waals surface area contributed by atoms with E-state index in [4.69, 9.17) is 4.74 Å². The zero-order valence-electron chi connectivity index (χ0n) is 16.6. The molecule has 3 heterocycles. The van der Waals surface area contributed by atoms with E-state index in [2.05, 4.69) is 25.8 Å². The summed E-state index contributed by atoms with van der Waals surface area (Å²) >= 11 is 1.51. The lowest BCUT2D eigenvalue weighted by atomic mass is 9.98. The highest BCUT2D eigenvalue weighted by Gasteiger charge is 2.30. The molecule has 0 spiro atoms. The van der Waals surface area contributed by atoms with Crippen LogP contribution in [-0.2, 0) is 10.2 Å². The van der Waals surface area contributed by atoms with Crippen molar-refractivity contribution in [2.45, 2.75) is 52.0 Å². The van der Waals surface area contributed by atoms with Crippen LogP contribution in [0.1, 0.15) is 70.5 Å². The number of thiazole rings is 1. The van der Waals surface area contributed by atoms with Crippen molar-refractivity contribution >= 4 is 23.2 Å². The Hall–Kier alpha value is -2.15. The van der Waals surface area contributed by atoms with Crippen LogP contribution in [0.2, 0.25) is 0 Å². The Morgan fingerprint density at radius 3 is 2.48 bits per heavy atom. The van der Waals surface area contributed by atoms with Crippen molar-refractivity contribution < 1.29 is 14.3 Å². The second kappa shape index (κ2) is 7.46. The lowest BCUT2D eigenvalue weighted by Crippen LogP contribution is -2.39. The van der Waals surface area contributed by atoms with Crippen molar-refractivity contribution in [3.8, 4) is 0 Å². The average molecular weight is 390 g/mol. The van der Waals surface area contributed by atoms with Gasteiger partial charge in [-0.1, -0.05) is 20.8 Å². The van der Waals surface area contributed by atoms with Crippen LogP contribution in [-0.4, -0.2) is 46.5 Å². The van der Waals surface area contributed by atoms with E-state index < -0.39 is 0 Å². The molecule has 3 rings (SSSR count). The number of aryl methyl sites for hydroxylation is 1. The molecule has 146 valence electrons. The summed E-state index contributed by atoms with van der Waals surface area (Å²) < 4.78 is 6.83. The van der Waals surface area contributed by atoms with Crippen molar-refractivity contribution in [3.63, 3.8) is 0 Å². The van der Waals surface area contributed by atoms with E-state index in [1.54, 1.807) is 6.07 Å². The fraction of sp³-hybridized carbons (Fsp3) is 0.550. The minimum Gasteiger partial charge on any atom is -0.464 e. The summed E-state index contributed by atoms with van der Waals surface area (Å²) in [4.78, 5) is 32.2. The SMILES string of the molecule is COC(=O)c1cccn1C1CCN(C(=O)c2sc(C(C)(C)C)nc2C)CC1. The van der Waals surface area contributed by atoms with Crippen LogP contribution in [0.15, 0.2) is 18.3 Å². The topological polar surface area (TPSA) is 64.4 Å². The van der Waals surface area contributed by atoms with Crippen molar-refractivity contribution in [1.29, 1.82) is 0 Å². The molecule has 2 aromatic rings. The summed E-state index contributed by atoms with van der Waals surface area (Å²) in [5.74, 6) is -0.256. The molecule has 0 N–H and O–H groups in total. The molecule has 1 aliphatic heterocycles. The van der Waals surface area contributed by atoms with Gasteiger partial charge in [-0.25, -0.2) is 9.78 Å². The van der Waals surface area contributed by atoms with E-state index in [1.807, 2.05) is 28.7 Å². The maximum Gasteiger partial charge on any atom is 0.354 e. The Kier molecular flexibility index (Phi) is 5.42. The molecule has 1 amide bonds. The zero-order valence-corrected chi connectivity index (χ0v) is 17.4. The molecule has 0 unspecified atom stereocenters. The minimum absolute atomic E-state index is 0.0559. The van der Waals surface area contributed by atoms with E-state index in [-0.39, 0.29) is 23.3 Å². The number of esters is 1. The molecular weight excluding hydrogens is 362 g/mol. The molecule has 0 aromatic carbocycles. The first-order valence-electron chi connectivity index (χ1n) is 9.24. The van der Waals surface area contributed by atoms with Gasteiger partial charge in [-0.05, 0) is 31.9 Å². The molecule has 0 aliphatic carbocycles. The number of methoxy groups -OCH3 is 1. The van der Waals surface area contributed by atoms with E-state index in [9.17, 15) is 9.59 Å². The molecule has 2 aromatic heterocycles. The average Bonchev–Trinajstić information content (AvgIpc) is 3.27. The molecule has 7 heteroatoms. The molecule has 27 heavy (non-hydrogen) atoms. The predicted octanol–water partition coefficient (Wildman–Crippen LogP) is 3.81. The number of ether oxygens (including phenoxy) is 1. The molecule has 1 fully saturated rings. The van der Waals surface area contributed by atoms with Gasteiger partial charge in [0.2, 0.25) is 0 Å². The van der Waals surface area contributed by atoms with Gasteiger partial charge in [0.25, 0.3) is 5.91 Å². The fourth-order valence-electron chi connectivity index (χ4n) is 3.40. The van der Waals surface area contributed by atoms with Crippen LogP contribution in [0, 0.1) is 6.92 Å². The first kappa shape index (κ1) is 19.6. The maximum absolute atomic E-state index is 13.0. The quantitative estimate of drug-likeness (QED) is 0.749. The van der Waals surface area contributed by atoms with Gasteiger partial charge in [-0.3, -0.25) is 4.79 Å². The van der Waals surface area contributed by atoms with Crippen LogP contribution < -0.4 is 0 Å². The van der Waals surface area contributed by atoms with Crippen molar-refractivity contribution in [2.75, 3.05) is 20.2 Å². The summed E-state index contributed by atoms with van der Waals surface area (Å²) in [6, 6.07) is 3.84. The van der Waals surface area contributed by atoms with Gasteiger partial charge in [-0.15, -0.1) is 11.3 Å². The largest absolute Gasteiger partial charge is 0.464 e. The number of aromatic nitrogens is 2. The normalized spacial score (nSPS) is 15.8. The summed E-state index contributed by atoms with van der Waals surface area (Å²) in [5, 5.41) is 0.994. The van der Waals surface area contributed by atoms with Gasteiger partial charge >= 0.3 is 5.97 Å². The van der Waals surface area contributed by atoms with Crippen LogP contribution >= 0.6 is 11.3 Å². The van der Waals surface area contributed by atoms with Gasteiger partial charge < -0.3 is 14.2 Å². The van der Waals surface area contributed by atoms with Crippen molar-refractivity contribution in [2.24, 2.45) is 0 Å². The van der Waals surface area contributed by atoms with E-state index in [0.29, 0.717) is 18.8 Å². The van der Waals surface area contributed by atoms with Gasteiger partial charge in [0.15, 0.2) is 0 Å². The Morgan fingerprint density at radius 1 is 1.26 bits per heavy atom. The third-order valence-corrected chi connectivity index (χ3v) is 6.52. The van der Waals surface area contributed by atoms with Crippen LogP contribution in [0.5, 0.6) is 0 Å². The number of carbonyl (C=O) groups is 2. The molecule has 0 saturated carbocycles. The number of carbonyl (C=O) groups excluding carboxylic acids is 2. The molecule has 6 nitrogen and oxygen atoms in total. The van der Waals surface area contributed by atoms with Gasteiger partial charge in [-0.2, -0.15) is 0 Å². The zero-order chi connectivity index (χ0) is 19.8. The van der Waals surface area contributed by atoms with Crippen molar-refractivity contribution in [3.05, 3.63) is 39.6 Å². The molecule has 0 atom stereocenters. The smallest absolute Gasteiger partial charge is 0.354 e. The number of nitrogens with zero attached hydrogens (tertiary/aromatic N) is 3. The standard InChI is InChI=1S/C20H27N3O3S/c1-13-16(27-19(21-13)20(2,3)4)17(24)22-11-8-14(9-12-22)23-10-6-7-15(23)18(25)26-5/h6-7,10,14H,8-9,11-12H2,1-5H3. The van der Waals surface area contributed by atoms with Gasteiger partial charge in [0, 0.05) is 30.7 Å². The summed E-state index contributed by atoms with van der Waals surface area (Å²) in [7, 11) is 1.39. The molecule has 0 bridgehead atoms. The summed E-state index contributed by atoms with van der Waals surface area (Å²) in [6.07, 6.45) is 3.54. The lowest BCUT2D eigenvalue weighted by molar-refractivity contribution is 0.0573. The maximum atomic E-state index is 13.0.